The molecule has 3 aromatic rings. The zero-order valence-electron chi connectivity index (χ0n) is 16.3. The third kappa shape index (κ3) is 5.18. The molecule has 0 saturated carbocycles. The van der Waals surface area contributed by atoms with Gasteiger partial charge in [0.15, 0.2) is 24.0 Å². The van der Waals surface area contributed by atoms with Crippen molar-refractivity contribution in [3.8, 4) is 16.9 Å². The Hall–Kier alpha value is -3.03. The second-order valence-electron chi connectivity index (χ2n) is 6.88. The average Bonchev–Trinajstić information content (AvgIpc) is 2.66. The molecule has 0 fully saturated rings. The molecule has 0 spiro atoms. The Kier molecular flexibility index (Phi) is 6.57. The summed E-state index contributed by atoms with van der Waals surface area (Å²) in [6.07, 6.45) is 0.301. The predicted octanol–water partition coefficient (Wildman–Crippen LogP) is 7.51. The lowest BCUT2D eigenvalue weighted by molar-refractivity contribution is -0.154. The van der Waals surface area contributed by atoms with Gasteiger partial charge in [-0.15, -0.1) is 0 Å². The van der Waals surface area contributed by atoms with Gasteiger partial charge in [0.05, 0.1) is 5.39 Å². The van der Waals surface area contributed by atoms with Crippen LogP contribution < -0.4 is 4.74 Å². The molecule has 0 saturated heterocycles. The number of alkyl halides is 3. The highest BCUT2D eigenvalue weighted by atomic mass is 19.4. The summed E-state index contributed by atoms with van der Waals surface area (Å²) in [6.45, 7) is -0.0628. The van der Waals surface area contributed by atoms with Gasteiger partial charge in [-0.2, -0.15) is 13.2 Å². The maximum absolute atomic E-state index is 14.6. The van der Waals surface area contributed by atoms with E-state index in [0.29, 0.717) is 12.5 Å². The van der Waals surface area contributed by atoms with E-state index in [9.17, 15) is 30.7 Å². The van der Waals surface area contributed by atoms with Crippen LogP contribution in [-0.2, 0) is 6.42 Å². The molecule has 8 heteroatoms. The van der Waals surface area contributed by atoms with Gasteiger partial charge < -0.3 is 4.74 Å². The maximum atomic E-state index is 14.6. The zero-order chi connectivity index (χ0) is 22.8. The Bertz CT molecular complexity index is 1130. The Balaban J connectivity index is 2.01. The van der Waals surface area contributed by atoms with Crippen LogP contribution in [0, 0.1) is 23.3 Å². The molecule has 0 atom stereocenters. The summed E-state index contributed by atoms with van der Waals surface area (Å²) in [6, 6.07) is 7.06. The fourth-order valence-electron chi connectivity index (χ4n) is 3.20. The molecule has 0 amide bonds. The molecule has 0 aliphatic heterocycles. The Morgan fingerprint density at radius 1 is 0.903 bits per heavy atom. The summed E-state index contributed by atoms with van der Waals surface area (Å²) >= 11 is 0. The largest absolute Gasteiger partial charge is 0.478 e. The molecule has 164 valence electrons. The van der Waals surface area contributed by atoms with Crippen molar-refractivity contribution in [2.45, 2.75) is 25.9 Å². The zero-order valence-corrected chi connectivity index (χ0v) is 16.3. The molecule has 3 rings (SSSR count). The highest BCUT2D eigenvalue weighted by Crippen LogP contribution is 2.36. The number of fused-ring (bicyclic) bond motifs is 1. The molecule has 0 aliphatic carbocycles. The fourth-order valence-corrected chi connectivity index (χ4v) is 3.20. The van der Waals surface area contributed by atoms with E-state index in [1.165, 1.54) is 12.1 Å². The molecule has 31 heavy (non-hydrogen) atoms. The predicted molar refractivity (Wildman–Crippen MR) is 104 cm³/mol. The van der Waals surface area contributed by atoms with Crippen LogP contribution in [0.15, 0.2) is 48.6 Å². The van der Waals surface area contributed by atoms with Gasteiger partial charge in [0.25, 0.3) is 0 Å². The average molecular weight is 442 g/mol. The van der Waals surface area contributed by atoms with E-state index in [1.807, 2.05) is 19.1 Å². The van der Waals surface area contributed by atoms with Gasteiger partial charge in [-0.25, -0.2) is 17.6 Å². The molecule has 0 N–H and O–H groups in total. The van der Waals surface area contributed by atoms with Crippen LogP contribution in [0.25, 0.3) is 21.9 Å². The molecule has 0 heterocycles. The lowest BCUT2D eigenvalue weighted by Gasteiger charge is -2.14. The van der Waals surface area contributed by atoms with Crippen LogP contribution in [0.4, 0.5) is 30.7 Å². The second-order valence-corrected chi connectivity index (χ2v) is 6.88. The van der Waals surface area contributed by atoms with Crippen LogP contribution in [0.5, 0.6) is 5.75 Å². The van der Waals surface area contributed by atoms with Gasteiger partial charge in [-0.3, -0.25) is 0 Å². The fraction of sp³-hybridized carbons (Fsp3) is 0.217. The van der Waals surface area contributed by atoms with Crippen molar-refractivity contribution < 1.29 is 35.5 Å². The summed E-state index contributed by atoms with van der Waals surface area (Å²) in [5, 5.41) is -1.02. The van der Waals surface area contributed by atoms with Crippen molar-refractivity contribution in [2.75, 3.05) is 6.61 Å². The van der Waals surface area contributed by atoms with Crippen molar-refractivity contribution in [1.29, 1.82) is 0 Å². The van der Waals surface area contributed by atoms with Gasteiger partial charge in [0, 0.05) is 5.56 Å². The van der Waals surface area contributed by atoms with Crippen LogP contribution in [0.2, 0.25) is 0 Å². The molecule has 0 aromatic heterocycles. The lowest BCUT2D eigenvalue weighted by atomic mass is 9.97. The normalized spacial score (nSPS) is 12.1. The third-order valence-corrected chi connectivity index (χ3v) is 4.60. The van der Waals surface area contributed by atoms with Crippen molar-refractivity contribution in [3.63, 3.8) is 0 Å². The van der Waals surface area contributed by atoms with Crippen molar-refractivity contribution in [1.82, 2.24) is 0 Å². The molecular formula is C23H17F7O. The van der Waals surface area contributed by atoms with Crippen molar-refractivity contribution in [2.24, 2.45) is 0 Å². The topological polar surface area (TPSA) is 9.23 Å². The minimum absolute atomic E-state index is 0.0220. The van der Waals surface area contributed by atoms with Gasteiger partial charge in [-0.05, 0) is 60.5 Å². The van der Waals surface area contributed by atoms with Crippen molar-refractivity contribution in [3.05, 3.63) is 77.4 Å². The molecule has 0 aliphatic rings. The first-order valence-corrected chi connectivity index (χ1v) is 9.31. The quantitative estimate of drug-likeness (QED) is 0.284. The summed E-state index contributed by atoms with van der Waals surface area (Å²) in [4.78, 5) is 0. The summed E-state index contributed by atoms with van der Waals surface area (Å²) < 4.78 is 99.0. The number of rotatable bonds is 6. The van der Waals surface area contributed by atoms with Crippen LogP contribution in [0.3, 0.4) is 0 Å². The molecule has 1 nitrogen and oxygen atoms in total. The lowest BCUT2D eigenvalue weighted by Crippen LogP contribution is -2.20. The van der Waals surface area contributed by atoms with E-state index in [-0.39, 0.29) is 16.5 Å². The van der Waals surface area contributed by atoms with Gasteiger partial charge in [0.2, 0.25) is 0 Å². The first-order valence-electron chi connectivity index (χ1n) is 9.31. The Morgan fingerprint density at radius 3 is 2.29 bits per heavy atom. The minimum Gasteiger partial charge on any atom is -0.478 e. The standard InChI is InChI=1S/C23H17F7O/c1-2-3-4-5-13-6-7-16(17(24)8-13)14-9-15-11-19(26)22(31-12-23(28,29)30)21(27)20(15)18(25)10-14/h2-3,6-11H,4-5,12H2,1H3/b3-2+. The van der Waals surface area contributed by atoms with Gasteiger partial charge in [0.1, 0.15) is 11.6 Å². The van der Waals surface area contributed by atoms with E-state index in [0.717, 1.165) is 24.1 Å². The van der Waals surface area contributed by atoms with Gasteiger partial charge >= 0.3 is 6.18 Å². The van der Waals surface area contributed by atoms with E-state index >= 15 is 0 Å². The number of aryl methyl sites for hydroxylation is 1. The first kappa shape index (κ1) is 22.7. The third-order valence-electron chi connectivity index (χ3n) is 4.60. The van der Waals surface area contributed by atoms with Gasteiger partial charge in [-0.1, -0.05) is 24.3 Å². The van der Waals surface area contributed by atoms with E-state index in [1.54, 1.807) is 6.07 Å². The van der Waals surface area contributed by atoms with Crippen LogP contribution >= 0.6 is 0 Å². The number of allylic oxidation sites excluding steroid dienone is 2. The van der Waals surface area contributed by atoms with E-state index < -0.39 is 47.2 Å². The first-order chi connectivity index (χ1) is 14.6. The van der Waals surface area contributed by atoms with Crippen molar-refractivity contribution >= 4 is 10.8 Å². The Labute approximate surface area is 173 Å². The second kappa shape index (κ2) is 8.99. The van der Waals surface area contributed by atoms with Crippen LogP contribution in [-0.4, -0.2) is 12.8 Å². The number of hydrogen-bond acceptors (Lipinski definition) is 1. The molecule has 0 radical (unpaired) electrons. The molecule has 3 aromatic carbocycles. The van der Waals surface area contributed by atoms with Crippen LogP contribution in [0.1, 0.15) is 18.9 Å². The number of halogens is 7. The summed E-state index contributed by atoms with van der Waals surface area (Å²) in [5.41, 5.74) is 0.781. The molecule has 0 unspecified atom stereocenters. The number of hydrogen-bond donors (Lipinski definition) is 0. The summed E-state index contributed by atoms with van der Waals surface area (Å²) in [5.74, 6) is -6.16. The SMILES string of the molecule is C/C=C/CCc1ccc(-c2cc(F)c3c(F)c(OCC(F)(F)F)c(F)cc3c2)c(F)c1. The number of benzene rings is 3. The Morgan fingerprint density at radius 2 is 1.65 bits per heavy atom. The monoisotopic (exact) mass is 442 g/mol. The minimum atomic E-state index is -4.83. The highest BCUT2D eigenvalue weighted by Gasteiger charge is 2.30. The summed E-state index contributed by atoms with van der Waals surface area (Å²) in [7, 11) is 0. The number of ether oxygens (including phenoxy) is 1. The molecular weight excluding hydrogens is 425 g/mol. The smallest absolute Gasteiger partial charge is 0.422 e. The molecule has 0 bridgehead atoms. The van der Waals surface area contributed by atoms with E-state index in [4.69, 9.17) is 0 Å². The maximum Gasteiger partial charge on any atom is 0.422 e. The highest BCUT2D eigenvalue weighted by molar-refractivity contribution is 5.90. The van der Waals surface area contributed by atoms with E-state index in [2.05, 4.69) is 4.74 Å².